The smallest absolute Gasteiger partial charge is 0.194 e. The standard InChI is InChI=1S/C8H10BrN5/c1-8(2,10)7-13-12-6-5(9)11-3-4-14(6)7/h3-4H,10H2,1-2H3. The lowest BCUT2D eigenvalue weighted by Crippen LogP contribution is -2.31. The monoisotopic (exact) mass is 255 g/mol. The molecule has 0 bridgehead atoms. The summed E-state index contributed by atoms with van der Waals surface area (Å²) in [6.45, 7) is 3.77. The molecule has 0 aliphatic rings. The van der Waals surface area contributed by atoms with Crippen LogP contribution in [0, 0.1) is 0 Å². The van der Waals surface area contributed by atoms with Gasteiger partial charge in [0, 0.05) is 12.4 Å². The molecular weight excluding hydrogens is 246 g/mol. The number of fused-ring (bicyclic) bond motifs is 1. The Kier molecular flexibility index (Phi) is 2.04. The Hall–Kier alpha value is -1.01. The van der Waals surface area contributed by atoms with Crippen LogP contribution in [0.15, 0.2) is 17.0 Å². The Bertz CT molecular complexity index is 470. The number of hydrogen-bond donors (Lipinski definition) is 1. The van der Waals surface area contributed by atoms with Crippen LogP contribution in [-0.2, 0) is 5.54 Å². The third-order valence-corrected chi connectivity index (χ3v) is 2.42. The van der Waals surface area contributed by atoms with Crippen molar-refractivity contribution in [3.63, 3.8) is 0 Å². The molecule has 0 fully saturated rings. The maximum absolute atomic E-state index is 5.96. The van der Waals surface area contributed by atoms with Gasteiger partial charge in [-0.05, 0) is 29.8 Å². The van der Waals surface area contributed by atoms with Crippen molar-refractivity contribution in [3.05, 3.63) is 22.8 Å². The van der Waals surface area contributed by atoms with Crippen molar-refractivity contribution in [2.45, 2.75) is 19.4 Å². The number of rotatable bonds is 1. The molecule has 0 atom stereocenters. The van der Waals surface area contributed by atoms with Crippen LogP contribution in [0.1, 0.15) is 19.7 Å². The van der Waals surface area contributed by atoms with Crippen molar-refractivity contribution in [3.8, 4) is 0 Å². The second kappa shape index (κ2) is 2.99. The van der Waals surface area contributed by atoms with Gasteiger partial charge in [0.15, 0.2) is 16.1 Å². The van der Waals surface area contributed by atoms with Gasteiger partial charge in [0.25, 0.3) is 0 Å². The molecule has 0 unspecified atom stereocenters. The first-order valence-electron chi connectivity index (χ1n) is 4.15. The minimum Gasteiger partial charge on any atom is -0.319 e. The Morgan fingerprint density at radius 1 is 1.43 bits per heavy atom. The first-order valence-corrected chi connectivity index (χ1v) is 4.94. The Morgan fingerprint density at radius 3 is 2.79 bits per heavy atom. The molecule has 5 nitrogen and oxygen atoms in total. The summed E-state index contributed by atoms with van der Waals surface area (Å²) in [7, 11) is 0. The molecular formula is C8H10BrN5. The van der Waals surface area contributed by atoms with E-state index in [1.54, 1.807) is 12.4 Å². The molecule has 2 N–H and O–H groups in total. The van der Waals surface area contributed by atoms with Gasteiger partial charge < -0.3 is 5.73 Å². The lowest BCUT2D eigenvalue weighted by molar-refractivity contribution is 0.508. The van der Waals surface area contributed by atoms with E-state index in [4.69, 9.17) is 5.73 Å². The van der Waals surface area contributed by atoms with Gasteiger partial charge in [-0.25, -0.2) is 4.98 Å². The van der Waals surface area contributed by atoms with Crippen molar-refractivity contribution in [1.29, 1.82) is 0 Å². The number of aromatic nitrogens is 4. The Balaban J connectivity index is 2.76. The quantitative estimate of drug-likeness (QED) is 0.828. The molecule has 2 rings (SSSR count). The zero-order chi connectivity index (χ0) is 10.3. The molecule has 14 heavy (non-hydrogen) atoms. The largest absolute Gasteiger partial charge is 0.319 e. The highest BCUT2D eigenvalue weighted by Crippen LogP contribution is 2.18. The van der Waals surface area contributed by atoms with Crippen LogP contribution in [0.4, 0.5) is 0 Å². The highest BCUT2D eigenvalue weighted by molar-refractivity contribution is 9.10. The summed E-state index contributed by atoms with van der Waals surface area (Å²) < 4.78 is 2.50. The molecule has 2 aromatic heterocycles. The van der Waals surface area contributed by atoms with E-state index in [0.29, 0.717) is 10.3 Å². The summed E-state index contributed by atoms with van der Waals surface area (Å²) in [5.74, 6) is 0.718. The van der Waals surface area contributed by atoms with Crippen LogP contribution >= 0.6 is 15.9 Å². The Labute approximate surface area is 89.5 Å². The van der Waals surface area contributed by atoms with Crippen LogP contribution in [0.2, 0.25) is 0 Å². The van der Waals surface area contributed by atoms with Crippen molar-refractivity contribution < 1.29 is 0 Å². The number of halogens is 1. The highest BCUT2D eigenvalue weighted by Gasteiger charge is 2.21. The normalized spacial score (nSPS) is 12.3. The lowest BCUT2D eigenvalue weighted by atomic mass is 10.1. The SMILES string of the molecule is CC(C)(N)c1nnc2c(Br)nccn12. The molecule has 2 heterocycles. The van der Waals surface area contributed by atoms with Crippen molar-refractivity contribution in [2.75, 3.05) is 0 Å². The first-order chi connectivity index (χ1) is 6.50. The molecule has 0 saturated carbocycles. The van der Waals surface area contributed by atoms with Gasteiger partial charge in [-0.3, -0.25) is 4.40 Å². The molecule has 0 saturated heterocycles. The molecule has 2 aromatic rings. The third kappa shape index (κ3) is 1.40. The molecule has 0 aliphatic heterocycles. The minimum atomic E-state index is -0.514. The number of nitrogens with two attached hydrogens (primary N) is 1. The van der Waals surface area contributed by atoms with Gasteiger partial charge in [0.1, 0.15) is 0 Å². The van der Waals surface area contributed by atoms with E-state index in [9.17, 15) is 0 Å². The fourth-order valence-electron chi connectivity index (χ4n) is 1.24. The van der Waals surface area contributed by atoms with Crippen LogP contribution in [0.5, 0.6) is 0 Å². The molecule has 0 spiro atoms. The summed E-state index contributed by atoms with van der Waals surface area (Å²) in [5, 5.41) is 8.05. The fraction of sp³-hybridized carbons (Fsp3) is 0.375. The average molecular weight is 256 g/mol. The maximum atomic E-state index is 5.96. The molecule has 0 aliphatic carbocycles. The molecule has 0 amide bonds. The summed E-state index contributed by atoms with van der Waals surface area (Å²) in [6, 6.07) is 0. The summed E-state index contributed by atoms with van der Waals surface area (Å²) >= 11 is 3.30. The molecule has 74 valence electrons. The van der Waals surface area contributed by atoms with Crippen LogP contribution in [0.25, 0.3) is 5.65 Å². The highest BCUT2D eigenvalue weighted by atomic mass is 79.9. The van der Waals surface area contributed by atoms with Crippen molar-refractivity contribution in [1.82, 2.24) is 19.6 Å². The zero-order valence-electron chi connectivity index (χ0n) is 7.90. The average Bonchev–Trinajstić information content (AvgIpc) is 2.47. The fourth-order valence-corrected chi connectivity index (χ4v) is 1.62. The zero-order valence-corrected chi connectivity index (χ0v) is 9.48. The second-order valence-corrected chi connectivity index (χ2v) is 4.41. The van der Waals surface area contributed by atoms with Crippen LogP contribution in [-0.4, -0.2) is 19.6 Å². The van der Waals surface area contributed by atoms with Crippen LogP contribution < -0.4 is 5.73 Å². The molecule has 0 radical (unpaired) electrons. The van der Waals surface area contributed by atoms with E-state index in [1.165, 1.54) is 0 Å². The predicted octanol–water partition coefficient (Wildman–Crippen LogP) is 1.08. The first kappa shape index (κ1) is 9.54. The number of nitrogens with zero attached hydrogens (tertiary/aromatic N) is 4. The van der Waals surface area contributed by atoms with E-state index in [0.717, 1.165) is 5.82 Å². The predicted molar refractivity (Wildman–Crippen MR) is 55.7 cm³/mol. The maximum Gasteiger partial charge on any atom is 0.194 e. The van der Waals surface area contributed by atoms with Crippen molar-refractivity contribution in [2.24, 2.45) is 5.73 Å². The number of hydrogen-bond acceptors (Lipinski definition) is 4. The third-order valence-electron chi connectivity index (χ3n) is 1.86. The summed E-state index contributed by atoms with van der Waals surface area (Å²) in [4.78, 5) is 4.06. The minimum absolute atomic E-state index is 0.514. The van der Waals surface area contributed by atoms with E-state index in [1.807, 2.05) is 18.2 Å². The van der Waals surface area contributed by atoms with Gasteiger partial charge in [-0.2, -0.15) is 0 Å². The lowest BCUT2D eigenvalue weighted by Gasteiger charge is -2.15. The summed E-state index contributed by atoms with van der Waals surface area (Å²) in [5.41, 5.74) is 6.13. The van der Waals surface area contributed by atoms with Gasteiger partial charge in [-0.15, -0.1) is 10.2 Å². The van der Waals surface area contributed by atoms with E-state index >= 15 is 0 Å². The molecule has 6 heteroatoms. The van der Waals surface area contributed by atoms with Crippen molar-refractivity contribution >= 4 is 21.6 Å². The van der Waals surface area contributed by atoms with Gasteiger partial charge in [-0.1, -0.05) is 0 Å². The van der Waals surface area contributed by atoms with E-state index in [-0.39, 0.29) is 0 Å². The van der Waals surface area contributed by atoms with Gasteiger partial charge in [0.05, 0.1) is 5.54 Å². The second-order valence-electron chi connectivity index (χ2n) is 3.66. The Morgan fingerprint density at radius 2 is 2.14 bits per heavy atom. The van der Waals surface area contributed by atoms with Gasteiger partial charge >= 0.3 is 0 Å². The summed E-state index contributed by atoms with van der Waals surface area (Å²) in [6.07, 6.45) is 3.47. The molecule has 0 aromatic carbocycles. The van der Waals surface area contributed by atoms with E-state index < -0.39 is 5.54 Å². The van der Waals surface area contributed by atoms with Crippen LogP contribution in [0.3, 0.4) is 0 Å². The topological polar surface area (TPSA) is 69.1 Å². The van der Waals surface area contributed by atoms with Gasteiger partial charge in [0.2, 0.25) is 0 Å². The van der Waals surface area contributed by atoms with E-state index in [2.05, 4.69) is 31.1 Å².